The molecule has 1 aromatic carbocycles. The van der Waals surface area contributed by atoms with E-state index in [1.165, 1.54) is 19.2 Å². The summed E-state index contributed by atoms with van der Waals surface area (Å²) < 4.78 is 20.4. The van der Waals surface area contributed by atoms with E-state index in [9.17, 15) is 9.50 Å². The molecule has 0 fully saturated rings. The van der Waals surface area contributed by atoms with Crippen molar-refractivity contribution in [2.24, 2.45) is 0 Å². The van der Waals surface area contributed by atoms with Gasteiger partial charge in [0.25, 0.3) is 0 Å². The van der Waals surface area contributed by atoms with Crippen LogP contribution in [-0.4, -0.2) is 38.1 Å². The molecule has 8 heteroatoms. The maximum Gasteiger partial charge on any atom is 0.247 e. The summed E-state index contributed by atoms with van der Waals surface area (Å²) in [5.41, 5.74) is 2.16. The first-order valence-corrected chi connectivity index (χ1v) is 8.66. The fourth-order valence-electron chi connectivity index (χ4n) is 2.63. The predicted octanol–water partition coefficient (Wildman–Crippen LogP) is 3.31. The third-order valence-electron chi connectivity index (χ3n) is 4.04. The molecule has 3 rings (SSSR count). The number of anilines is 2. The second-order valence-electron chi connectivity index (χ2n) is 6.19. The highest BCUT2D eigenvalue weighted by Crippen LogP contribution is 2.25. The highest BCUT2D eigenvalue weighted by atomic mass is 19.1. The first-order valence-electron chi connectivity index (χ1n) is 8.66. The Hall–Kier alpha value is -3.00. The summed E-state index contributed by atoms with van der Waals surface area (Å²) in [7, 11) is 1.47. The van der Waals surface area contributed by atoms with Crippen molar-refractivity contribution in [3.8, 4) is 17.1 Å². The Balaban J connectivity index is 1.97. The van der Waals surface area contributed by atoms with Gasteiger partial charge >= 0.3 is 0 Å². The Bertz CT molecular complexity index is 928. The average Bonchev–Trinajstić information content (AvgIpc) is 3.03. The van der Waals surface area contributed by atoms with Gasteiger partial charge in [0.15, 0.2) is 5.82 Å². The number of hydrogen-bond acceptors (Lipinski definition) is 6. The molecule has 0 saturated carbocycles. The normalized spacial score (nSPS) is 12.0. The summed E-state index contributed by atoms with van der Waals surface area (Å²) in [6.45, 7) is 4.09. The number of aryl methyl sites for hydroxylation is 1. The number of aromatic nitrogens is 4. The lowest BCUT2D eigenvalue weighted by atomic mass is 10.2. The molecule has 0 aliphatic rings. The number of ether oxygens (including phenoxy) is 1. The van der Waals surface area contributed by atoms with E-state index >= 15 is 0 Å². The van der Waals surface area contributed by atoms with Gasteiger partial charge in [-0.25, -0.2) is 9.07 Å². The number of aliphatic hydroxyl groups is 1. The zero-order valence-electron chi connectivity index (χ0n) is 15.5. The van der Waals surface area contributed by atoms with Gasteiger partial charge in [-0.05, 0) is 31.5 Å². The van der Waals surface area contributed by atoms with Crippen molar-refractivity contribution in [1.82, 2.24) is 19.7 Å². The van der Waals surface area contributed by atoms with Crippen LogP contribution in [0.5, 0.6) is 5.75 Å². The summed E-state index contributed by atoms with van der Waals surface area (Å²) >= 11 is 0. The number of nitrogens with one attached hydrogen (secondary N) is 1. The van der Waals surface area contributed by atoms with E-state index in [0.29, 0.717) is 36.2 Å². The Morgan fingerprint density at radius 2 is 2.11 bits per heavy atom. The van der Waals surface area contributed by atoms with Crippen LogP contribution in [0.15, 0.2) is 36.5 Å². The quantitative estimate of drug-likeness (QED) is 0.663. The largest absolute Gasteiger partial charge is 0.497 e. The number of benzene rings is 1. The van der Waals surface area contributed by atoms with Crippen molar-refractivity contribution in [2.45, 2.75) is 32.9 Å². The van der Waals surface area contributed by atoms with E-state index in [-0.39, 0.29) is 0 Å². The minimum atomic E-state index is -0.546. The van der Waals surface area contributed by atoms with Crippen LogP contribution in [0, 0.1) is 12.7 Å². The van der Waals surface area contributed by atoms with Gasteiger partial charge in [0.2, 0.25) is 5.95 Å². The van der Waals surface area contributed by atoms with E-state index in [0.717, 1.165) is 11.3 Å². The molecule has 0 radical (unpaired) electrons. The van der Waals surface area contributed by atoms with Gasteiger partial charge < -0.3 is 15.2 Å². The van der Waals surface area contributed by atoms with Crippen molar-refractivity contribution in [1.29, 1.82) is 0 Å². The number of methoxy groups -OCH3 is 1. The fraction of sp³-hybridized carbons (Fsp3) is 0.316. The number of halogens is 1. The molecular weight excluding hydrogens is 349 g/mol. The second kappa shape index (κ2) is 8.13. The first-order chi connectivity index (χ1) is 13.0. The smallest absolute Gasteiger partial charge is 0.247 e. The Labute approximate surface area is 156 Å². The highest BCUT2D eigenvalue weighted by Gasteiger charge is 2.15. The molecule has 2 heterocycles. The van der Waals surface area contributed by atoms with Gasteiger partial charge in [-0.15, -0.1) is 5.10 Å². The zero-order chi connectivity index (χ0) is 19.4. The zero-order valence-corrected chi connectivity index (χ0v) is 15.5. The highest BCUT2D eigenvalue weighted by molar-refractivity contribution is 5.61. The topological polar surface area (TPSA) is 85.1 Å². The molecule has 3 aromatic rings. The van der Waals surface area contributed by atoms with Crippen molar-refractivity contribution < 1.29 is 14.2 Å². The Morgan fingerprint density at radius 3 is 2.81 bits per heavy atom. The SMILES string of the molecule is CC[C@H](O)Cn1nc(Nc2cc(F)cc(OC)c2)nc1-c1ccnc(C)c1. The molecule has 0 aliphatic heterocycles. The van der Waals surface area contributed by atoms with Crippen molar-refractivity contribution in [2.75, 3.05) is 12.4 Å². The first kappa shape index (κ1) is 18.8. The van der Waals surface area contributed by atoms with E-state index < -0.39 is 11.9 Å². The van der Waals surface area contributed by atoms with Crippen LogP contribution in [0.2, 0.25) is 0 Å². The molecule has 0 bridgehead atoms. The maximum absolute atomic E-state index is 13.7. The number of nitrogens with zero attached hydrogens (tertiary/aromatic N) is 4. The van der Waals surface area contributed by atoms with Gasteiger partial charge in [-0.3, -0.25) is 4.98 Å². The molecule has 1 atom stereocenters. The van der Waals surface area contributed by atoms with Crippen molar-refractivity contribution >= 4 is 11.6 Å². The molecule has 2 N–H and O–H groups in total. The maximum atomic E-state index is 13.7. The van der Waals surface area contributed by atoms with Crippen LogP contribution in [-0.2, 0) is 6.54 Å². The fourth-order valence-corrected chi connectivity index (χ4v) is 2.63. The average molecular weight is 371 g/mol. The molecular formula is C19H22FN5O2. The predicted molar refractivity (Wildman–Crippen MR) is 101 cm³/mol. The second-order valence-corrected chi connectivity index (χ2v) is 6.19. The Morgan fingerprint density at radius 1 is 1.30 bits per heavy atom. The molecule has 7 nitrogen and oxygen atoms in total. The number of pyridine rings is 1. The standard InChI is InChI=1S/C19H22FN5O2/c1-4-16(26)11-25-18(13-5-6-21-12(2)7-13)23-19(24-25)22-15-8-14(20)9-17(10-15)27-3/h5-10,16,26H,4,11H2,1-3H3,(H,22,24)/t16-/m0/s1. The van der Waals surface area contributed by atoms with Crippen molar-refractivity contribution in [3.63, 3.8) is 0 Å². The molecule has 0 saturated heterocycles. The molecule has 2 aromatic heterocycles. The molecule has 0 aliphatic carbocycles. The van der Waals surface area contributed by atoms with Crippen LogP contribution in [0.1, 0.15) is 19.0 Å². The van der Waals surface area contributed by atoms with Gasteiger partial charge in [-0.1, -0.05) is 6.92 Å². The van der Waals surface area contributed by atoms with Gasteiger partial charge in [0, 0.05) is 35.3 Å². The molecule has 0 unspecified atom stereocenters. The van der Waals surface area contributed by atoms with Crippen LogP contribution < -0.4 is 10.1 Å². The van der Waals surface area contributed by atoms with E-state index in [2.05, 4.69) is 20.4 Å². The van der Waals surface area contributed by atoms with E-state index in [1.807, 2.05) is 26.0 Å². The summed E-state index contributed by atoms with van der Waals surface area (Å²) in [5, 5.41) is 17.5. The third kappa shape index (κ3) is 4.59. The van der Waals surface area contributed by atoms with Crippen LogP contribution in [0.25, 0.3) is 11.4 Å². The Kier molecular flexibility index (Phi) is 5.66. The summed E-state index contributed by atoms with van der Waals surface area (Å²) in [5.74, 6) is 0.861. The molecule has 0 spiro atoms. The lowest BCUT2D eigenvalue weighted by Crippen LogP contribution is -2.16. The lowest BCUT2D eigenvalue weighted by molar-refractivity contribution is 0.146. The minimum absolute atomic E-state index is 0.300. The summed E-state index contributed by atoms with van der Waals surface area (Å²) in [6.07, 6.45) is 1.75. The molecule has 0 amide bonds. The minimum Gasteiger partial charge on any atom is -0.497 e. The summed E-state index contributed by atoms with van der Waals surface area (Å²) in [6, 6.07) is 8.01. The van der Waals surface area contributed by atoms with E-state index in [1.54, 1.807) is 16.9 Å². The monoisotopic (exact) mass is 371 g/mol. The number of aliphatic hydroxyl groups excluding tert-OH is 1. The molecule has 27 heavy (non-hydrogen) atoms. The summed E-state index contributed by atoms with van der Waals surface area (Å²) in [4.78, 5) is 8.73. The van der Waals surface area contributed by atoms with E-state index in [4.69, 9.17) is 4.74 Å². The van der Waals surface area contributed by atoms with Gasteiger partial charge in [0.1, 0.15) is 11.6 Å². The van der Waals surface area contributed by atoms with Crippen LogP contribution in [0.4, 0.5) is 16.0 Å². The van der Waals surface area contributed by atoms with Crippen LogP contribution >= 0.6 is 0 Å². The molecule has 142 valence electrons. The van der Waals surface area contributed by atoms with Gasteiger partial charge in [0.05, 0.1) is 19.8 Å². The van der Waals surface area contributed by atoms with Gasteiger partial charge in [-0.2, -0.15) is 4.98 Å². The third-order valence-corrected chi connectivity index (χ3v) is 4.04. The van der Waals surface area contributed by atoms with Crippen LogP contribution in [0.3, 0.4) is 0 Å². The number of rotatable bonds is 7. The van der Waals surface area contributed by atoms with Crippen molar-refractivity contribution in [3.05, 3.63) is 48.0 Å². The lowest BCUT2D eigenvalue weighted by Gasteiger charge is -2.10. The number of hydrogen-bond donors (Lipinski definition) is 2.